The Bertz CT molecular complexity index is 1080. The second-order valence-corrected chi connectivity index (χ2v) is 10.9. The van der Waals surface area contributed by atoms with E-state index in [0.29, 0.717) is 11.3 Å². The Hall–Kier alpha value is -2.32. The Morgan fingerprint density at radius 1 is 0.893 bits per heavy atom. The third kappa shape index (κ3) is 3.42. The van der Waals surface area contributed by atoms with Crippen LogP contribution in [0.1, 0.15) is 16.4 Å². The molecule has 7 heteroatoms. The summed E-state index contributed by atoms with van der Waals surface area (Å²) in [4.78, 5) is 0.406. The highest BCUT2D eigenvalue weighted by molar-refractivity contribution is 8.25. The fraction of sp³-hybridized carbons (Fsp3) is 0.143. The van der Waals surface area contributed by atoms with Crippen LogP contribution in [0.3, 0.4) is 0 Å². The summed E-state index contributed by atoms with van der Waals surface area (Å²) in [6, 6.07) is 22.5. The summed E-state index contributed by atoms with van der Waals surface area (Å²) in [5.41, 5.74) is 1.29. The van der Waals surface area contributed by atoms with Gasteiger partial charge in [-0.3, -0.25) is 9.11 Å². The first kappa shape index (κ1) is 19.0. The lowest BCUT2D eigenvalue weighted by atomic mass is 10.1. The van der Waals surface area contributed by atoms with Gasteiger partial charge in [-0.1, -0.05) is 54.6 Å². The lowest BCUT2D eigenvalue weighted by molar-refractivity contribution is 0.302. The lowest BCUT2D eigenvalue weighted by Crippen LogP contribution is -2.16. The average molecular weight is 417 g/mol. The smallest absolute Gasteiger partial charge is 0.187 e. The Morgan fingerprint density at radius 3 is 2.21 bits per heavy atom. The first-order valence-electron chi connectivity index (χ1n) is 8.74. The predicted octanol–water partition coefficient (Wildman–Crippen LogP) is 4.90. The molecule has 1 aliphatic heterocycles. The quantitative estimate of drug-likeness (QED) is 0.618. The highest BCUT2D eigenvalue weighted by Gasteiger charge is 2.45. The van der Waals surface area contributed by atoms with Crippen molar-refractivity contribution in [3.05, 3.63) is 90.0 Å². The maximum absolute atomic E-state index is 13.2. The van der Waals surface area contributed by atoms with E-state index in [0.717, 1.165) is 5.56 Å². The van der Waals surface area contributed by atoms with Gasteiger partial charge >= 0.3 is 0 Å². The van der Waals surface area contributed by atoms with Gasteiger partial charge in [0, 0.05) is 5.56 Å². The van der Waals surface area contributed by atoms with Gasteiger partial charge in [-0.05, 0) is 29.8 Å². The Morgan fingerprint density at radius 2 is 1.54 bits per heavy atom. The van der Waals surface area contributed by atoms with Gasteiger partial charge in [0.05, 0.1) is 15.5 Å². The fourth-order valence-electron chi connectivity index (χ4n) is 3.39. The average Bonchev–Trinajstić information content (AvgIpc) is 3.00. The first-order valence-corrected chi connectivity index (χ1v) is 12.0. The Balaban J connectivity index is 1.76. The van der Waals surface area contributed by atoms with Crippen LogP contribution in [-0.2, 0) is 16.4 Å². The van der Waals surface area contributed by atoms with E-state index in [1.54, 1.807) is 36.4 Å². The zero-order chi connectivity index (χ0) is 19.8. The number of benzene rings is 3. The second-order valence-electron chi connectivity index (χ2n) is 6.62. The topological polar surface area (TPSA) is 83.8 Å². The number of sulfone groups is 1. The summed E-state index contributed by atoms with van der Waals surface area (Å²) >= 11 is 0. The molecule has 5 nitrogen and oxygen atoms in total. The molecule has 0 fully saturated rings. The summed E-state index contributed by atoms with van der Waals surface area (Å²) < 4.78 is 53.5. The van der Waals surface area contributed by atoms with Crippen molar-refractivity contribution in [3.63, 3.8) is 0 Å². The second kappa shape index (κ2) is 7.25. The third-order valence-electron chi connectivity index (χ3n) is 4.77. The molecule has 1 atom stereocenters. The van der Waals surface area contributed by atoms with Gasteiger partial charge in [-0.25, -0.2) is 8.42 Å². The first-order chi connectivity index (χ1) is 13.4. The van der Waals surface area contributed by atoms with Crippen LogP contribution < -0.4 is 4.74 Å². The van der Waals surface area contributed by atoms with Crippen molar-refractivity contribution < 1.29 is 22.3 Å². The van der Waals surface area contributed by atoms with Gasteiger partial charge in [0.15, 0.2) is 9.84 Å². The molecule has 2 N–H and O–H groups in total. The summed E-state index contributed by atoms with van der Waals surface area (Å²) in [6.07, 6.45) is 0. The van der Waals surface area contributed by atoms with Crippen LogP contribution in [0.5, 0.6) is 5.75 Å². The molecule has 0 aliphatic carbocycles. The molecule has 3 aromatic carbocycles. The molecule has 4 rings (SSSR count). The van der Waals surface area contributed by atoms with Crippen LogP contribution >= 0.6 is 10.6 Å². The number of hydrogen-bond donors (Lipinski definition) is 2. The maximum Gasteiger partial charge on any atom is 0.187 e. The molecule has 0 amide bonds. The van der Waals surface area contributed by atoms with Gasteiger partial charge in [-0.15, -0.1) is 0 Å². The summed E-state index contributed by atoms with van der Waals surface area (Å²) in [5.74, 6) is 0.106. The summed E-state index contributed by atoms with van der Waals surface area (Å²) in [6.45, 7) is 0.259. The molecule has 0 aromatic heterocycles. The Kier molecular flexibility index (Phi) is 4.93. The number of rotatable bonds is 5. The summed E-state index contributed by atoms with van der Waals surface area (Å²) in [7, 11) is -7.02. The van der Waals surface area contributed by atoms with Crippen LogP contribution in [0, 0.1) is 0 Å². The maximum atomic E-state index is 13.2. The number of hydrogen-bond acceptors (Lipinski definition) is 5. The van der Waals surface area contributed by atoms with E-state index in [4.69, 9.17) is 4.74 Å². The molecule has 28 heavy (non-hydrogen) atoms. The molecule has 146 valence electrons. The Labute approximate surface area is 165 Å². The molecule has 1 unspecified atom stereocenters. The van der Waals surface area contributed by atoms with Crippen LogP contribution in [0.15, 0.2) is 88.7 Å². The fourth-order valence-corrected chi connectivity index (χ4v) is 7.83. The molecule has 0 bridgehead atoms. The molecule has 0 spiro atoms. The lowest BCUT2D eigenvalue weighted by Gasteiger charge is -2.27. The highest BCUT2D eigenvalue weighted by atomic mass is 32.3. The minimum atomic E-state index is -3.81. The van der Waals surface area contributed by atoms with E-state index in [1.807, 2.05) is 30.3 Å². The molecule has 0 saturated heterocycles. The van der Waals surface area contributed by atoms with Crippen LogP contribution in [0.2, 0.25) is 0 Å². The minimum absolute atomic E-state index is 0.154. The van der Waals surface area contributed by atoms with E-state index in [9.17, 15) is 17.5 Å². The zero-order valence-electron chi connectivity index (χ0n) is 14.9. The van der Waals surface area contributed by atoms with Crippen molar-refractivity contribution in [2.45, 2.75) is 21.6 Å². The standard InChI is InChI=1S/C21H20O5S2/c22-27(23)15-20(28(24,25)17-10-5-2-6-11-17)21-18(12-7-13-19(21)27)26-14-16-8-3-1-4-9-16/h1-13,20,22-23H,14-15H2. The minimum Gasteiger partial charge on any atom is -0.489 e. The van der Waals surface area contributed by atoms with Crippen molar-refractivity contribution in [2.75, 3.05) is 5.75 Å². The van der Waals surface area contributed by atoms with Crippen LogP contribution in [0.4, 0.5) is 0 Å². The van der Waals surface area contributed by atoms with Crippen molar-refractivity contribution in [2.24, 2.45) is 0 Å². The van der Waals surface area contributed by atoms with Crippen molar-refractivity contribution in [1.29, 1.82) is 0 Å². The highest BCUT2D eigenvalue weighted by Crippen LogP contribution is 2.63. The van der Waals surface area contributed by atoms with Crippen molar-refractivity contribution in [3.8, 4) is 5.75 Å². The number of fused-ring (bicyclic) bond motifs is 1. The molecular formula is C21H20O5S2. The summed E-state index contributed by atoms with van der Waals surface area (Å²) in [5, 5.41) is -1.07. The number of ether oxygens (including phenoxy) is 1. The zero-order valence-corrected chi connectivity index (χ0v) is 16.6. The van der Waals surface area contributed by atoms with Gasteiger partial charge < -0.3 is 4.74 Å². The van der Waals surface area contributed by atoms with E-state index < -0.39 is 25.7 Å². The van der Waals surface area contributed by atoms with E-state index in [1.165, 1.54) is 12.1 Å². The molecule has 1 heterocycles. The SMILES string of the molecule is O=S(=O)(c1ccccc1)C1CS(O)(O)c2cccc(OCc3ccccc3)c21. The van der Waals surface area contributed by atoms with Crippen LogP contribution in [-0.4, -0.2) is 23.3 Å². The molecule has 0 radical (unpaired) electrons. The molecular weight excluding hydrogens is 396 g/mol. The van der Waals surface area contributed by atoms with E-state index >= 15 is 0 Å². The normalized spacial score (nSPS) is 19.0. The van der Waals surface area contributed by atoms with Crippen LogP contribution in [0.25, 0.3) is 0 Å². The van der Waals surface area contributed by atoms with E-state index in [2.05, 4.69) is 0 Å². The predicted molar refractivity (Wildman–Crippen MR) is 110 cm³/mol. The van der Waals surface area contributed by atoms with Crippen molar-refractivity contribution in [1.82, 2.24) is 0 Å². The van der Waals surface area contributed by atoms with Gasteiger partial charge in [0.1, 0.15) is 17.6 Å². The molecule has 1 aliphatic rings. The van der Waals surface area contributed by atoms with Gasteiger partial charge in [0.2, 0.25) is 0 Å². The van der Waals surface area contributed by atoms with Crippen molar-refractivity contribution >= 4 is 20.4 Å². The monoisotopic (exact) mass is 416 g/mol. The molecule has 0 saturated carbocycles. The molecule has 3 aromatic rings. The largest absolute Gasteiger partial charge is 0.489 e. The van der Waals surface area contributed by atoms with Gasteiger partial charge in [0.25, 0.3) is 0 Å². The van der Waals surface area contributed by atoms with Gasteiger partial charge in [-0.2, -0.15) is 10.6 Å². The van der Waals surface area contributed by atoms with E-state index in [-0.39, 0.29) is 22.2 Å². The third-order valence-corrected chi connectivity index (χ3v) is 8.92.